The Labute approximate surface area is 147 Å². The van der Waals surface area contributed by atoms with Crippen LogP contribution in [0, 0.1) is 0 Å². The van der Waals surface area contributed by atoms with Crippen molar-refractivity contribution in [1.82, 2.24) is 20.4 Å². The standard InChI is InChI=1S/C16H25N7O2/c1-5-22(6-2)15-17-14(18-16(19-15)23(7-3)8-4)21-20-13(24)12-10-9-11-25-12/h9-11H,5-8H2,1-4H3,(H,20,24)(H,17,18,19,21). The second-order valence-electron chi connectivity index (χ2n) is 5.16. The maximum atomic E-state index is 12.0. The third-order valence-electron chi connectivity index (χ3n) is 3.74. The highest BCUT2D eigenvalue weighted by Crippen LogP contribution is 2.16. The van der Waals surface area contributed by atoms with E-state index in [1.54, 1.807) is 12.1 Å². The maximum absolute atomic E-state index is 12.0. The van der Waals surface area contributed by atoms with E-state index in [2.05, 4.69) is 25.8 Å². The van der Waals surface area contributed by atoms with Gasteiger partial charge in [-0.3, -0.25) is 15.6 Å². The number of amides is 1. The van der Waals surface area contributed by atoms with Gasteiger partial charge in [-0.2, -0.15) is 15.0 Å². The van der Waals surface area contributed by atoms with Gasteiger partial charge >= 0.3 is 5.91 Å². The average molecular weight is 347 g/mol. The molecule has 0 saturated heterocycles. The van der Waals surface area contributed by atoms with Crippen LogP contribution in [0.5, 0.6) is 0 Å². The largest absolute Gasteiger partial charge is 0.459 e. The average Bonchev–Trinajstić information content (AvgIpc) is 3.16. The van der Waals surface area contributed by atoms with Crippen molar-refractivity contribution in [3.05, 3.63) is 24.2 Å². The number of hydrazine groups is 1. The van der Waals surface area contributed by atoms with Gasteiger partial charge in [0.05, 0.1) is 6.26 Å². The maximum Gasteiger partial charge on any atom is 0.305 e. The zero-order valence-corrected chi connectivity index (χ0v) is 15.1. The summed E-state index contributed by atoms with van der Waals surface area (Å²) >= 11 is 0. The van der Waals surface area contributed by atoms with Crippen molar-refractivity contribution in [2.75, 3.05) is 41.4 Å². The number of nitrogens with zero attached hydrogens (tertiary/aromatic N) is 5. The molecule has 2 N–H and O–H groups in total. The summed E-state index contributed by atoms with van der Waals surface area (Å²) in [5.41, 5.74) is 5.28. The lowest BCUT2D eigenvalue weighted by atomic mass is 10.4. The number of rotatable bonds is 9. The summed E-state index contributed by atoms with van der Waals surface area (Å²) in [5, 5.41) is 0. The summed E-state index contributed by atoms with van der Waals surface area (Å²) in [6.07, 6.45) is 1.44. The lowest BCUT2D eigenvalue weighted by Gasteiger charge is -2.23. The Morgan fingerprint density at radius 3 is 2.00 bits per heavy atom. The Balaban J connectivity index is 2.24. The SMILES string of the molecule is CCN(CC)c1nc(NNC(=O)c2ccco2)nc(N(CC)CC)n1. The van der Waals surface area contributed by atoms with E-state index in [1.807, 2.05) is 37.5 Å². The van der Waals surface area contributed by atoms with E-state index in [4.69, 9.17) is 4.42 Å². The van der Waals surface area contributed by atoms with E-state index in [0.29, 0.717) is 11.9 Å². The molecule has 0 atom stereocenters. The fourth-order valence-corrected chi connectivity index (χ4v) is 2.29. The zero-order chi connectivity index (χ0) is 18.2. The molecular weight excluding hydrogens is 322 g/mol. The molecular formula is C16H25N7O2. The fraction of sp³-hybridized carbons (Fsp3) is 0.500. The van der Waals surface area contributed by atoms with Crippen LogP contribution in [-0.2, 0) is 0 Å². The van der Waals surface area contributed by atoms with Crippen LogP contribution >= 0.6 is 0 Å². The quantitative estimate of drug-likeness (QED) is 0.664. The van der Waals surface area contributed by atoms with Gasteiger partial charge in [-0.05, 0) is 39.8 Å². The van der Waals surface area contributed by atoms with Gasteiger partial charge < -0.3 is 14.2 Å². The first-order valence-electron chi connectivity index (χ1n) is 8.48. The minimum Gasteiger partial charge on any atom is -0.459 e. The molecule has 2 heterocycles. The van der Waals surface area contributed by atoms with Crippen molar-refractivity contribution < 1.29 is 9.21 Å². The van der Waals surface area contributed by atoms with Crippen molar-refractivity contribution in [2.24, 2.45) is 0 Å². The molecule has 25 heavy (non-hydrogen) atoms. The van der Waals surface area contributed by atoms with Crippen LogP contribution in [0.4, 0.5) is 17.8 Å². The van der Waals surface area contributed by atoms with Gasteiger partial charge in [0.15, 0.2) is 5.76 Å². The van der Waals surface area contributed by atoms with Gasteiger partial charge in [-0.25, -0.2) is 0 Å². The monoisotopic (exact) mass is 347 g/mol. The molecule has 0 spiro atoms. The van der Waals surface area contributed by atoms with E-state index in [-0.39, 0.29) is 11.7 Å². The molecule has 2 aromatic rings. The highest BCUT2D eigenvalue weighted by molar-refractivity contribution is 5.91. The topological polar surface area (TPSA) is 99.4 Å². The molecule has 9 nitrogen and oxygen atoms in total. The molecule has 0 aliphatic rings. The fourth-order valence-electron chi connectivity index (χ4n) is 2.29. The Kier molecular flexibility index (Phi) is 6.55. The molecule has 0 fully saturated rings. The van der Waals surface area contributed by atoms with Crippen molar-refractivity contribution >= 4 is 23.8 Å². The Morgan fingerprint density at radius 2 is 1.56 bits per heavy atom. The molecule has 0 bridgehead atoms. The van der Waals surface area contributed by atoms with E-state index < -0.39 is 5.91 Å². The van der Waals surface area contributed by atoms with Crippen LogP contribution < -0.4 is 20.7 Å². The molecule has 2 aromatic heterocycles. The molecule has 0 aliphatic heterocycles. The molecule has 0 saturated carbocycles. The van der Waals surface area contributed by atoms with E-state index in [9.17, 15) is 4.79 Å². The summed E-state index contributed by atoms with van der Waals surface area (Å²) in [6, 6.07) is 3.22. The van der Waals surface area contributed by atoms with Crippen molar-refractivity contribution in [3.63, 3.8) is 0 Å². The molecule has 0 aliphatic carbocycles. The lowest BCUT2D eigenvalue weighted by molar-refractivity contribution is 0.0935. The predicted octanol–water partition coefficient (Wildman–Crippen LogP) is 1.91. The van der Waals surface area contributed by atoms with Crippen LogP contribution in [0.25, 0.3) is 0 Å². The van der Waals surface area contributed by atoms with E-state index in [1.165, 1.54) is 6.26 Å². The summed E-state index contributed by atoms with van der Waals surface area (Å²) in [6.45, 7) is 11.2. The Hall–Kier alpha value is -2.84. The number of hydrogen-bond acceptors (Lipinski definition) is 8. The van der Waals surface area contributed by atoms with Gasteiger partial charge in [-0.15, -0.1) is 0 Å². The van der Waals surface area contributed by atoms with Crippen LogP contribution in [-0.4, -0.2) is 47.0 Å². The van der Waals surface area contributed by atoms with Gasteiger partial charge in [0, 0.05) is 26.2 Å². The summed E-state index contributed by atoms with van der Waals surface area (Å²) < 4.78 is 5.06. The van der Waals surface area contributed by atoms with Crippen LogP contribution in [0.2, 0.25) is 0 Å². The van der Waals surface area contributed by atoms with Crippen LogP contribution in [0.15, 0.2) is 22.8 Å². The first-order chi connectivity index (χ1) is 12.1. The van der Waals surface area contributed by atoms with Gasteiger partial charge in [0.1, 0.15) is 0 Å². The number of hydrogen-bond donors (Lipinski definition) is 2. The molecule has 9 heteroatoms. The van der Waals surface area contributed by atoms with Crippen molar-refractivity contribution in [3.8, 4) is 0 Å². The first kappa shape index (κ1) is 18.5. The van der Waals surface area contributed by atoms with Gasteiger partial charge in [0.25, 0.3) is 0 Å². The molecule has 136 valence electrons. The highest BCUT2D eigenvalue weighted by atomic mass is 16.3. The summed E-state index contributed by atoms with van der Waals surface area (Å²) in [5.74, 6) is 1.21. The lowest BCUT2D eigenvalue weighted by Crippen LogP contribution is -2.33. The highest BCUT2D eigenvalue weighted by Gasteiger charge is 2.15. The number of nitrogens with one attached hydrogen (secondary N) is 2. The Morgan fingerprint density at radius 1 is 1.00 bits per heavy atom. The number of aromatic nitrogens is 3. The van der Waals surface area contributed by atoms with Crippen molar-refractivity contribution in [1.29, 1.82) is 0 Å². The minimum absolute atomic E-state index is 0.203. The second-order valence-corrected chi connectivity index (χ2v) is 5.16. The molecule has 0 radical (unpaired) electrons. The molecule has 2 rings (SSSR count). The van der Waals surface area contributed by atoms with E-state index >= 15 is 0 Å². The second kappa shape index (κ2) is 8.86. The minimum atomic E-state index is -0.404. The number of anilines is 3. The molecule has 0 aromatic carbocycles. The smallest absolute Gasteiger partial charge is 0.305 e. The van der Waals surface area contributed by atoms with Crippen LogP contribution in [0.3, 0.4) is 0 Å². The predicted molar refractivity (Wildman–Crippen MR) is 96.7 cm³/mol. The van der Waals surface area contributed by atoms with Gasteiger partial charge in [0.2, 0.25) is 17.8 Å². The third kappa shape index (κ3) is 4.59. The normalized spacial score (nSPS) is 10.4. The third-order valence-corrected chi connectivity index (χ3v) is 3.74. The van der Waals surface area contributed by atoms with Crippen LogP contribution in [0.1, 0.15) is 38.2 Å². The van der Waals surface area contributed by atoms with Crippen molar-refractivity contribution in [2.45, 2.75) is 27.7 Å². The number of carbonyl (C=O) groups is 1. The van der Waals surface area contributed by atoms with Gasteiger partial charge in [-0.1, -0.05) is 0 Å². The summed E-state index contributed by atoms with van der Waals surface area (Å²) in [7, 11) is 0. The first-order valence-corrected chi connectivity index (χ1v) is 8.48. The zero-order valence-electron chi connectivity index (χ0n) is 15.1. The number of carbonyl (C=O) groups excluding carboxylic acids is 1. The Bertz CT molecular complexity index is 637. The molecule has 0 unspecified atom stereocenters. The molecule has 1 amide bonds. The van der Waals surface area contributed by atoms with E-state index in [0.717, 1.165) is 26.2 Å². The number of furan rings is 1. The summed E-state index contributed by atoms with van der Waals surface area (Å²) in [4.78, 5) is 29.4.